The number of nitrogens with zero attached hydrogens (tertiary/aromatic N) is 1. The SMILES string of the molecule is O=C(O)C=C1c2ccc(OCCl)cc2N=Cc2ccsc21. The van der Waals surface area contributed by atoms with E-state index in [1.54, 1.807) is 24.4 Å². The molecule has 4 nitrogen and oxygen atoms in total. The molecule has 2 heterocycles. The number of hydrogen-bond donors (Lipinski definition) is 1. The Balaban J connectivity index is 2.20. The zero-order valence-electron chi connectivity index (χ0n) is 10.7. The highest BCUT2D eigenvalue weighted by atomic mass is 35.5. The van der Waals surface area contributed by atoms with Crippen LogP contribution in [0.2, 0.25) is 0 Å². The van der Waals surface area contributed by atoms with Crippen molar-refractivity contribution in [3.8, 4) is 5.75 Å². The third-order valence-electron chi connectivity index (χ3n) is 3.03. The first kappa shape index (κ1) is 13.9. The van der Waals surface area contributed by atoms with Gasteiger partial charge in [-0.2, -0.15) is 0 Å². The monoisotopic (exact) mass is 319 g/mol. The van der Waals surface area contributed by atoms with E-state index in [2.05, 4.69) is 4.99 Å². The summed E-state index contributed by atoms with van der Waals surface area (Å²) < 4.78 is 5.25. The highest BCUT2D eigenvalue weighted by molar-refractivity contribution is 7.11. The van der Waals surface area contributed by atoms with Crippen LogP contribution in [0.25, 0.3) is 5.57 Å². The first-order chi connectivity index (χ1) is 10.2. The molecule has 1 N–H and O–H groups in total. The summed E-state index contributed by atoms with van der Waals surface area (Å²) in [5.74, 6) is -0.390. The van der Waals surface area contributed by atoms with E-state index in [1.165, 1.54) is 17.4 Å². The fraction of sp³-hybridized carbons (Fsp3) is 0.0667. The van der Waals surface area contributed by atoms with E-state index < -0.39 is 5.97 Å². The van der Waals surface area contributed by atoms with Crippen molar-refractivity contribution in [2.75, 3.05) is 6.07 Å². The Morgan fingerprint density at radius 2 is 2.29 bits per heavy atom. The number of carboxylic acid groups (broad SMARTS) is 1. The molecular formula is C15H10ClNO3S. The number of carbonyl (C=O) groups is 1. The van der Waals surface area contributed by atoms with Crippen molar-refractivity contribution in [2.24, 2.45) is 4.99 Å². The Hall–Kier alpha value is -2.11. The fourth-order valence-electron chi connectivity index (χ4n) is 2.17. The molecule has 1 aliphatic rings. The van der Waals surface area contributed by atoms with Crippen molar-refractivity contribution in [1.82, 2.24) is 0 Å². The third kappa shape index (κ3) is 2.70. The van der Waals surface area contributed by atoms with Crippen LogP contribution in [-0.4, -0.2) is 23.4 Å². The second-order valence-corrected chi connectivity index (χ2v) is 5.43. The van der Waals surface area contributed by atoms with E-state index in [4.69, 9.17) is 21.4 Å². The van der Waals surface area contributed by atoms with Gasteiger partial charge in [0, 0.05) is 39.9 Å². The van der Waals surface area contributed by atoms with E-state index in [0.717, 1.165) is 16.0 Å². The highest BCUT2D eigenvalue weighted by Crippen LogP contribution is 2.39. The first-order valence-electron chi connectivity index (χ1n) is 6.09. The molecule has 1 aliphatic heterocycles. The zero-order chi connectivity index (χ0) is 14.8. The van der Waals surface area contributed by atoms with Crippen molar-refractivity contribution in [1.29, 1.82) is 0 Å². The van der Waals surface area contributed by atoms with Crippen LogP contribution >= 0.6 is 22.9 Å². The van der Waals surface area contributed by atoms with Gasteiger partial charge in [0.15, 0.2) is 6.07 Å². The number of aliphatic imine (C=N–C) groups is 1. The molecule has 0 saturated heterocycles. The summed E-state index contributed by atoms with van der Waals surface area (Å²) in [7, 11) is 0. The van der Waals surface area contributed by atoms with E-state index >= 15 is 0 Å². The van der Waals surface area contributed by atoms with Crippen LogP contribution in [0.3, 0.4) is 0 Å². The molecule has 21 heavy (non-hydrogen) atoms. The maximum Gasteiger partial charge on any atom is 0.328 e. The summed E-state index contributed by atoms with van der Waals surface area (Å²) >= 11 is 7.05. The van der Waals surface area contributed by atoms with Crippen LogP contribution in [0.4, 0.5) is 5.69 Å². The quantitative estimate of drug-likeness (QED) is 0.588. The van der Waals surface area contributed by atoms with Crippen molar-refractivity contribution in [3.05, 3.63) is 51.7 Å². The molecule has 0 aliphatic carbocycles. The van der Waals surface area contributed by atoms with Crippen LogP contribution in [0.5, 0.6) is 5.75 Å². The van der Waals surface area contributed by atoms with E-state index in [-0.39, 0.29) is 6.07 Å². The topological polar surface area (TPSA) is 58.9 Å². The summed E-state index contributed by atoms with van der Waals surface area (Å²) in [6, 6.07) is 7.28. The molecule has 1 aromatic heterocycles. The molecule has 0 radical (unpaired) electrons. The maximum atomic E-state index is 11.1. The van der Waals surface area contributed by atoms with Gasteiger partial charge < -0.3 is 9.84 Å². The molecule has 0 fully saturated rings. The Morgan fingerprint density at radius 1 is 1.43 bits per heavy atom. The van der Waals surface area contributed by atoms with Crippen LogP contribution in [0.15, 0.2) is 40.7 Å². The second-order valence-electron chi connectivity index (χ2n) is 4.29. The molecule has 0 bridgehead atoms. The normalized spacial score (nSPS) is 14.4. The molecule has 0 amide bonds. The number of ether oxygens (including phenoxy) is 1. The van der Waals surface area contributed by atoms with E-state index in [9.17, 15) is 4.79 Å². The van der Waals surface area contributed by atoms with Crippen molar-refractivity contribution < 1.29 is 14.6 Å². The van der Waals surface area contributed by atoms with Crippen LogP contribution in [0.1, 0.15) is 16.0 Å². The predicted molar refractivity (Wildman–Crippen MR) is 84.1 cm³/mol. The largest absolute Gasteiger partial charge is 0.478 e. The number of alkyl halides is 1. The standard InChI is InChI=1S/C15H10ClNO3S/c16-8-20-10-1-2-11-12(6-14(18)19)15-9(3-4-21-15)7-17-13(11)5-10/h1-7H,8H2,(H,18,19). The molecule has 6 heteroatoms. The van der Waals surface area contributed by atoms with Crippen molar-refractivity contribution in [2.45, 2.75) is 0 Å². The molecule has 2 aromatic rings. The Kier molecular flexibility index (Phi) is 3.77. The average molecular weight is 320 g/mol. The van der Waals surface area contributed by atoms with Crippen LogP contribution < -0.4 is 4.74 Å². The molecule has 0 unspecified atom stereocenters. The molecule has 1 aromatic carbocycles. The maximum absolute atomic E-state index is 11.1. The van der Waals surface area contributed by atoms with Gasteiger partial charge in [-0.15, -0.1) is 11.3 Å². The lowest BCUT2D eigenvalue weighted by Gasteiger charge is -2.09. The molecule has 0 saturated carbocycles. The summed E-state index contributed by atoms with van der Waals surface area (Å²) in [6.45, 7) is 0. The molecule has 3 rings (SSSR count). The molecule has 106 valence electrons. The Labute approximate surface area is 130 Å². The molecule has 0 spiro atoms. The zero-order valence-corrected chi connectivity index (χ0v) is 12.3. The number of halogens is 1. The lowest BCUT2D eigenvalue weighted by molar-refractivity contribution is -0.131. The fourth-order valence-corrected chi connectivity index (χ4v) is 3.20. The minimum atomic E-state index is -0.988. The van der Waals surface area contributed by atoms with E-state index in [0.29, 0.717) is 17.0 Å². The second kappa shape index (κ2) is 5.71. The van der Waals surface area contributed by atoms with Gasteiger partial charge in [-0.05, 0) is 23.6 Å². The van der Waals surface area contributed by atoms with Gasteiger partial charge in [0.1, 0.15) is 5.75 Å². The van der Waals surface area contributed by atoms with Gasteiger partial charge in [0.05, 0.1) is 5.69 Å². The number of aliphatic carboxylic acids is 1. The number of carboxylic acids is 1. The summed E-state index contributed by atoms with van der Waals surface area (Å²) in [5, 5.41) is 11.0. The van der Waals surface area contributed by atoms with Crippen LogP contribution in [0, 0.1) is 0 Å². The van der Waals surface area contributed by atoms with Gasteiger partial charge in [-0.25, -0.2) is 4.79 Å². The Bertz CT molecular complexity index is 764. The number of thiophene rings is 1. The number of benzene rings is 1. The van der Waals surface area contributed by atoms with E-state index in [1.807, 2.05) is 11.4 Å². The average Bonchev–Trinajstić information content (AvgIpc) is 2.86. The van der Waals surface area contributed by atoms with Gasteiger partial charge in [0.2, 0.25) is 0 Å². The summed E-state index contributed by atoms with van der Waals surface area (Å²) in [5.41, 5.74) is 2.98. The number of hydrogen-bond acceptors (Lipinski definition) is 4. The predicted octanol–water partition coefficient (Wildman–Crippen LogP) is 3.90. The van der Waals surface area contributed by atoms with Gasteiger partial charge in [0.25, 0.3) is 0 Å². The minimum Gasteiger partial charge on any atom is -0.478 e. The van der Waals surface area contributed by atoms with Crippen molar-refractivity contribution >= 4 is 46.4 Å². The van der Waals surface area contributed by atoms with Gasteiger partial charge in [-0.1, -0.05) is 11.6 Å². The molecular weight excluding hydrogens is 310 g/mol. The highest BCUT2D eigenvalue weighted by Gasteiger charge is 2.19. The number of rotatable bonds is 3. The smallest absolute Gasteiger partial charge is 0.328 e. The lowest BCUT2D eigenvalue weighted by atomic mass is 10.0. The van der Waals surface area contributed by atoms with Gasteiger partial charge >= 0.3 is 5.97 Å². The number of fused-ring (bicyclic) bond motifs is 2. The Morgan fingerprint density at radius 3 is 3.05 bits per heavy atom. The van der Waals surface area contributed by atoms with Gasteiger partial charge in [-0.3, -0.25) is 4.99 Å². The van der Waals surface area contributed by atoms with Crippen molar-refractivity contribution in [3.63, 3.8) is 0 Å². The third-order valence-corrected chi connectivity index (χ3v) is 4.10. The first-order valence-corrected chi connectivity index (χ1v) is 7.50. The summed E-state index contributed by atoms with van der Waals surface area (Å²) in [6.07, 6.45) is 2.95. The van der Waals surface area contributed by atoms with Crippen LogP contribution in [-0.2, 0) is 4.79 Å². The molecule has 0 atom stereocenters. The minimum absolute atomic E-state index is 0.0493. The lowest BCUT2D eigenvalue weighted by Crippen LogP contribution is -1.95. The summed E-state index contributed by atoms with van der Waals surface area (Å²) in [4.78, 5) is 16.5.